The molecule has 0 aliphatic carbocycles. The lowest BCUT2D eigenvalue weighted by atomic mass is 9.90. The van der Waals surface area contributed by atoms with Gasteiger partial charge in [-0.1, -0.05) is 54.6 Å². The highest BCUT2D eigenvalue weighted by Crippen LogP contribution is 2.36. The van der Waals surface area contributed by atoms with Crippen LogP contribution in [0.1, 0.15) is 27.7 Å². The van der Waals surface area contributed by atoms with Crippen LogP contribution in [0.4, 0.5) is 0 Å². The van der Waals surface area contributed by atoms with Crippen LogP contribution in [-0.4, -0.2) is 38.8 Å². The zero-order valence-corrected chi connectivity index (χ0v) is 17.6. The van der Waals surface area contributed by atoms with Crippen molar-refractivity contribution in [3.05, 3.63) is 66.7 Å². The molecule has 0 amide bonds. The van der Waals surface area contributed by atoms with E-state index in [1.165, 1.54) is 16.2 Å². The normalized spacial score (nSPS) is 12.0. The first-order valence-corrected chi connectivity index (χ1v) is 9.80. The Morgan fingerprint density at radius 3 is 1.33 bits per heavy atom. The van der Waals surface area contributed by atoms with Crippen LogP contribution in [0.5, 0.6) is 5.75 Å². The van der Waals surface area contributed by atoms with Gasteiger partial charge in [0.2, 0.25) is 0 Å². The topological polar surface area (TPSA) is 90.2 Å². The molecular weight excluding hydrogens is 379 g/mol. The maximum atomic E-state index is 9.10. The maximum absolute atomic E-state index is 9.10. The van der Waals surface area contributed by atoms with E-state index >= 15 is 0 Å². The van der Waals surface area contributed by atoms with Crippen LogP contribution >= 0.6 is 0 Å². The summed E-state index contributed by atoms with van der Waals surface area (Å²) < 4.78 is 4.99. The minimum atomic E-state index is -1.82. The average Bonchev–Trinajstić information content (AvgIpc) is 2.67. The second-order valence-corrected chi connectivity index (χ2v) is 8.36. The van der Waals surface area contributed by atoms with Crippen LogP contribution in [0.15, 0.2) is 66.7 Å². The summed E-state index contributed by atoms with van der Waals surface area (Å²) in [6, 6.07) is 22.1. The van der Waals surface area contributed by atoms with Gasteiger partial charge >= 0.3 is 7.32 Å². The van der Waals surface area contributed by atoms with Crippen molar-refractivity contribution in [2.24, 2.45) is 0 Å². The zero-order chi connectivity index (χ0) is 22.1. The van der Waals surface area contributed by atoms with Crippen LogP contribution in [0.25, 0.3) is 32.3 Å². The molecule has 0 aromatic heterocycles. The van der Waals surface area contributed by atoms with E-state index in [4.69, 9.17) is 24.9 Å². The molecular formula is C24H27BO5. The SMILES string of the molecule is CC(C)(O)C(C)(C)O.OB(O)Oc1ccc2c3ccccc3c3ccccc3c2c1. The molecule has 0 saturated carbocycles. The lowest BCUT2D eigenvalue weighted by molar-refractivity contribution is -0.107. The Bertz CT molecular complexity index is 1130. The molecule has 4 rings (SSSR count). The first kappa shape index (κ1) is 22.1. The Hall–Kier alpha value is -2.64. The standard InChI is InChI=1S/C18H13BO3.C6H14O2/c20-19(21)22-12-9-10-17-15-7-2-1-5-13(15)14-6-3-4-8-16(14)18(17)11-12;1-5(2,7)6(3,4)8/h1-11,20-21H;7-8H,1-4H3. The molecule has 0 bridgehead atoms. The van der Waals surface area contributed by atoms with Crippen molar-refractivity contribution in [2.45, 2.75) is 38.9 Å². The Kier molecular flexibility index (Phi) is 6.06. The van der Waals surface area contributed by atoms with E-state index in [0.717, 1.165) is 16.2 Å². The van der Waals surface area contributed by atoms with Gasteiger partial charge in [0.25, 0.3) is 0 Å². The second-order valence-electron chi connectivity index (χ2n) is 8.36. The van der Waals surface area contributed by atoms with Crippen LogP contribution in [-0.2, 0) is 0 Å². The highest BCUT2D eigenvalue weighted by atomic mass is 16.6. The number of aliphatic hydroxyl groups is 2. The highest BCUT2D eigenvalue weighted by molar-refractivity contribution is 6.34. The number of hydrogen-bond acceptors (Lipinski definition) is 5. The van der Waals surface area contributed by atoms with Crippen molar-refractivity contribution in [3.63, 3.8) is 0 Å². The quantitative estimate of drug-likeness (QED) is 0.305. The summed E-state index contributed by atoms with van der Waals surface area (Å²) in [5.41, 5.74) is -2.01. The van der Waals surface area contributed by atoms with E-state index in [0.29, 0.717) is 5.75 Å². The third kappa shape index (κ3) is 4.58. The summed E-state index contributed by atoms with van der Waals surface area (Å²) in [6.45, 7) is 6.31. The Morgan fingerprint density at radius 1 is 0.600 bits per heavy atom. The highest BCUT2D eigenvalue weighted by Gasteiger charge is 2.31. The molecule has 30 heavy (non-hydrogen) atoms. The van der Waals surface area contributed by atoms with Gasteiger partial charge in [-0.05, 0) is 72.1 Å². The number of rotatable bonds is 3. The van der Waals surface area contributed by atoms with E-state index in [1.54, 1.807) is 33.8 Å². The minimum absolute atomic E-state index is 0.433. The molecule has 0 unspecified atom stereocenters. The molecule has 0 aliphatic rings. The van der Waals surface area contributed by atoms with Crippen LogP contribution in [0.3, 0.4) is 0 Å². The van der Waals surface area contributed by atoms with Gasteiger partial charge in [-0.15, -0.1) is 0 Å². The van der Waals surface area contributed by atoms with Crippen molar-refractivity contribution in [1.29, 1.82) is 0 Å². The summed E-state index contributed by atoms with van der Waals surface area (Å²) in [4.78, 5) is 0. The van der Waals surface area contributed by atoms with Crippen LogP contribution in [0, 0.1) is 0 Å². The summed E-state index contributed by atoms with van der Waals surface area (Å²) in [5.74, 6) is 0.433. The molecule has 0 saturated heterocycles. The fraction of sp³-hybridized carbons (Fsp3) is 0.250. The predicted molar refractivity (Wildman–Crippen MR) is 122 cm³/mol. The van der Waals surface area contributed by atoms with Crippen LogP contribution < -0.4 is 4.65 Å². The minimum Gasteiger partial charge on any atom is -0.512 e. The Morgan fingerprint density at radius 2 is 0.967 bits per heavy atom. The summed E-state index contributed by atoms with van der Waals surface area (Å²) in [7, 11) is -1.82. The fourth-order valence-corrected chi connectivity index (χ4v) is 3.08. The van der Waals surface area contributed by atoms with Crippen LogP contribution in [0.2, 0.25) is 0 Å². The molecule has 0 spiro atoms. The molecule has 0 fully saturated rings. The van der Waals surface area contributed by atoms with E-state index < -0.39 is 18.5 Å². The van der Waals surface area contributed by atoms with Gasteiger partial charge in [-0.3, -0.25) is 0 Å². The van der Waals surface area contributed by atoms with Crippen molar-refractivity contribution in [1.82, 2.24) is 0 Å². The maximum Gasteiger partial charge on any atom is 0.707 e. The third-order valence-corrected chi connectivity index (χ3v) is 5.45. The molecule has 4 N–H and O–H groups in total. The van der Waals surface area contributed by atoms with Crippen molar-refractivity contribution in [3.8, 4) is 5.75 Å². The van der Waals surface area contributed by atoms with Crippen molar-refractivity contribution in [2.75, 3.05) is 0 Å². The molecule has 4 aromatic carbocycles. The van der Waals surface area contributed by atoms with Gasteiger partial charge in [0, 0.05) is 0 Å². The molecule has 0 atom stereocenters. The second kappa shape index (κ2) is 8.24. The average molecular weight is 406 g/mol. The molecule has 0 radical (unpaired) electrons. The van der Waals surface area contributed by atoms with Gasteiger partial charge in [0.1, 0.15) is 5.75 Å². The van der Waals surface area contributed by atoms with E-state index in [-0.39, 0.29) is 0 Å². The van der Waals surface area contributed by atoms with E-state index in [9.17, 15) is 0 Å². The number of fused-ring (bicyclic) bond motifs is 6. The largest absolute Gasteiger partial charge is 0.707 e. The van der Waals surface area contributed by atoms with Gasteiger partial charge in [0.05, 0.1) is 11.2 Å². The Balaban J connectivity index is 0.000000275. The molecule has 0 aliphatic heterocycles. The van der Waals surface area contributed by atoms with Crippen molar-refractivity contribution >= 4 is 39.6 Å². The molecule has 6 heteroatoms. The lowest BCUT2D eigenvalue weighted by Gasteiger charge is -2.31. The summed E-state index contributed by atoms with van der Waals surface area (Å²) in [6.07, 6.45) is 0. The van der Waals surface area contributed by atoms with E-state index in [1.807, 2.05) is 36.4 Å². The number of benzene rings is 4. The monoisotopic (exact) mass is 406 g/mol. The zero-order valence-electron chi connectivity index (χ0n) is 17.6. The predicted octanol–water partition coefficient (Wildman–Crippen LogP) is 4.02. The summed E-state index contributed by atoms with van der Waals surface area (Å²) >= 11 is 0. The van der Waals surface area contributed by atoms with Gasteiger partial charge < -0.3 is 24.9 Å². The van der Waals surface area contributed by atoms with Gasteiger partial charge in [0.15, 0.2) is 0 Å². The Labute approximate surface area is 176 Å². The van der Waals surface area contributed by atoms with E-state index in [2.05, 4.69) is 24.3 Å². The van der Waals surface area contributed by atoms with Gasteiger partial charge in [-0.2, -0.15) is 0 Å². The smallest absolute Gasteiger partial charge is 0.512 e. The summed E-state index contributed by atoms with van der Waals surface area (Å²) in [5, 5.41) is 43.0. The molecule has 0 heterocycles. The number of hydrogen-bond donors (Lipinski definition) is 4. The molecule has 5 nitrogen and oxygen atoms in total. The van der Waals surface area contributed by atoms with Crippen molar-refractivity contribution < 1.29 is 24.9 Å². The van der Waals surface area contributed by atoms with Gasteiger partial charge in [-0.25, -0.2) is 0 Å². The first-order valence-electron chi connectivity index (χ1n) is 9.80. The third-order valence-electron chi connectivity index (χ3n) is 5.45. The lowest BCUT2D eigenvalue weighted by Crippen LogP contribution is -2.44. The fourth-order valence-electron chi connectivity index (χ4n) is 3.08. The first-order chi connectivity index (χ1) is 14.0. The molecule has 156 valence electrons. The molecule has 4 aromatic rings.